The van der Waals surface area contributed by atoms with Crippen molar-refractivity contribution in [2.45, 2.75) is 13.0 Å². The van der Waals surface area contributed by atoms with Gasteiger partial charge < -0.3 is 5.32 Å². The predicted octanol–water partition coefficient (Wildman–Crippen LogP) is 4.43. The molecule has 1 nitrogen and oxygen atoms in total. The van der Waals surface area contributed by atoms with Crippen LogP contribution in [0.1, 0.15) is 18.5 Å². The minimum absolute atomic E-state index is 0.191. The summed E-state index contributed by atoms with van der Waals surface area (Å²) in [5, 5.41) is 3.80. The fraction of sp³-hybridized carbons (Fsp3) is 0.200. The van der Waals surface area contributed by atoms with Crippen LogP contribution in [0.5, 0.6) is 0 Å². The van der Waals surface area contributed by atoms with E-state index in [2.05, 4.69) is 5.32 Å². The molecule has 0 saturated carbocycles. The van der Waals surface area contributed by atoms with Crippen molar-refractivity contribution in [1.82, 2.24) is 5.32 Å². The van der Waals surface area contributed by atoms with Crippen LogP contribution in [0.25, 0.3) is 11.1 Å². The van der Waals surface area contributed by atoms with Gasteiger partial charge in [0, 0.05) is 16.6 Å². The number of benzene rings is 2. The molecule has 0 radical (unpaired) electrons. The maximum absolute atomic E-state index is 13.9. The maximum Gasteiger partial charge on any atom is 0.131 e. The van der Waals surface area contributed by atoms with Crippen molar-refractivity contribution in [1.29, 1.82) is 0 Å². The molecule has 1 atom stereocenters. The molecule has 0 aliphatic carbocycles. The smallest absolute Gasteiger partial charge is 0.131 e. The maximum atomic E-state index is 13.9. The molecule has 2 rings (SSSR count). The van der Waals surface area contributed by atoms with Crippen LogP contribution < -0.4 is 5.32 Å². The van der Waals surface area contributed by atoms with Gasteiger partial charge in [-0.1, -0.05) is 29.8 Å². The second-order valence-electron chi connectivity index (χ2n) is 4.26. The highest BCUT2D eigenvalue weighted by molar-refractivity contribution is 6.30. The molecule has 3 heteroatoms. The zero-order valence-electron chi connectivity index (χ0n) is 10.4. The van der Waals surface area contributed by atoms with E-state index < -0.39 is 0 Å². The average Bonchev–Trinajstić information content (AvgIpc) is 2.39. The fourth-order valence-corrected chi connectivity index (χ4v) is 1.96. The van der Waals surface area contributed by atoms with Gasteiger partial charge >= 0.3 is 0 Å². The molecule has 1 unspecified atom stereocenters. The number of hydrogen-bond donors (Lipinski definition) is 1. The first-order chi connectivity index (χ1) is 8.61. The third-order valence-corrected chi connectivity index (χ3v) is 3.33. The Morgan fingerprint density at radius 2 is 1.78 bits per heavy atom. The van der Waals surface area contributed by atoms with Crippen molar-refractivity contribution in [3.63, 3.8) is 0 Å². The van der Waals surface area contributed by atoms with Crippen LogP contribution in [0, 0.1) is 5.82 Å². The largest absolute Gasteiger partial charge is 0.313 e. The van der Waals surface area contributed by atoms with Gasteiger partial charge in [0.1, 0.15) is 5.82 Å². The number of hydrogen-bond acceptors (Lipinski definition) is 1. The summed E-state index contributed by atoms with van der Waals surface area (Å²) in [4.78, 5) is 0. The standard InChI is InChI=1S/C15H15ClFN/c1-10(18-2)12-5-8-15(17)14(9-12)11-3-6-13(16)7-4-11/h3-10,18H,1-2H3. The Balaban J connectivity index is 2.46. The van der Waals surface area contributed by atoms with Gasteiger partial charge in [-0.25, -0.2) is 4.39 Å². The molecular weight excluding hydrogens is 249 g/mol. The molecule has 0 aliphatic rings. The fourth-order valence-electron chi connectivity index (χ4n) is 1.83. The van der Waals surface area contributed by atoms with Crippen LogP contribution >= 0.6 is 11.6 Å². The van der Waals surface area contributed by atoms with Gasteiger partial charge in [0.15, 0.2) is 0 Å². The molecule has 0 heterocycles. The Morgan fingerprint density at radius 1 is 1.11 bits per heavy atom. The van der Waals surface area contributed by atoms with Crippen LogP contribution in [0.15, 0.2) is 42.5 Å². The molecule has 0 amide bonds. The molecule has 2 aromatic rings. The lowest BCUT2D eigenvalue weighted by atomic mass is 9.99. The highest BCUT2D eigenvalue weighted by atomic mass is 35.5. The quantitative estimate of drug-likeness (QED) is 0.864. The average molecular weight is 264 g/mol. The Labute approximate surface area is 112 Å². The van der Waals surface area contributed by atoms with Crippen LogP contribution in [0.2, 0.25) is 5.02 Å². The van der Waals surface area contributed by atoms with E-state index in [-0.39, 0.29) is 11.9 Å². The van der Waals surface area contributed by atoms with Crippen LogP contribution in [-0.4, -0.2) is 7.05 Å². The molecule has 2 aromatic carbocycles. The molecule has 1 N–H and O–H groups in total. The van der Waals surface area contributed by atoms with E-state index in [1.807, 2.05) is 32.2 Å². The summed E-state index contributed by atoms with van der Waals surface area (Å²) in [6.45, 7) is 2.04. The predicted molar refractivity (Wildman–Crippen MR) is 74.3 cm³/mol. The van der Waals surface area contributed by atoms with Crippen molar-refractivity contribution >= 4 is 11.6 Å². The first kappa shape index (κ1) is 13.1. The third-order valence-electron chi connectivity index (χ3n) is 3.08. The van der Waals surface area contributed by atoms with Crippen molar-refractivity contribution in [2.24, 2.45) is 0 Å². The molecule has 0 aromatic heterocycles. The van der Waals surface area contributed by atoms with E-state index in [0.717, 1.165) is 11.1 Å². The van der Waals surface area contributed by atoms with E-state index >= 15 is 0 Å². The van der Waals surface area contributed by atoms with E-state index in [9.17, 15) is 4.39 Å². The zero-order valence-corrected chi connectivity index (χ0v) is 11.1. The highest BCUT2D eigenvalue weighted by Gasteiger charge is 2.09. The molecule has 18 heavy (non-hydrogen) atoms. The van der Waals surface area contributed by atoms with Gasteiger partial charge in [-0.15, -0.1) is 0 Å². The summed E-state index contributed by atoms with van der Waals surface area (Å²) < 4.78 is 13.9. The second-order valence-corrected chi connectivity index (χ2v) is 4.69. The van der Waals surface area contributed by atoms with Gasteiger partial charge in [0.05, 0.1) is 0 Å². The lowest BCUT2D eigenvalue weighted by Crippen LogP contribution is -2.12. The SMILES string of the molecule is CNC(C)c1ccc(F)c(-c2ccc(Cl)cc2)c1. The number of nitrogens with one attached hydrogen (secondary N) is 1. The third kappa shape index (κ3) is 2.71. The molecule has 0 saturated heterocycles. The van der Waals surface area contributed by atoms with Gasteiger partial charge in [-0.2, -0.15) is 0 Å². The van der Waals surface area contributed by atoms with Gasteiger partial charge in [-0.3, -0.25) is 0 Å². The van der Waals surface area contributed by atoms with Crippen molar-refractivity contribution < 1.29 is 4.39 Å². The van der Waals surface area contributed by atoms with E-state index in [1.54, 1.807) is 18.2 Å². The minimum Gasteiger partial charge on any atom is -0.313 e. The van der Waals surface area contributed by atoms with Crippen molar-refractivity contribution in [3.8, 4) is 11.1 Å². The summed E-state index contributed by atoms with van der Waals surface area (Å²) in [6.07, 6.45) is 0. The van der Waals surface area contributed by atoms with Crippen LogP contribution in [0.3, 0.4) is 0 Å². The van der Waals surface area contributed by atoms with E-state index in [4.69, 9.17) is 11.6 Å². The molecule has 0 spiro atoms. The molecule has 94 valence electrons. The second kappa shape index (κ2) is 5.51. The molecule has 0 fully saturated rings. The minimum atomic E-state index is -0.218. The Bertz CT molecular complexity index is 537. The normalized spacial score (nSPS) is 12.4. The van der Waals surface area contributed by atoms with E-state index in [0.29, 0.717) is 10.6 Å². The van der Waals surface area contributed by atoms with Crippen LogP contribution in [-0.2, 0) is 0 Å². The van der Waals surface area contributed by atoms with Gasteiger partial charge in [0.25, 0.3) is 0 Å². The van der Waals surface area contributed by atoms with Crippen molar-refractivity contribution in [2.75, 3.05) is 7.05 Å². The summed E-state index contributed by atoms with van der Waals surface area (Å²) in [5.41, 5.74) is 2.50. The summed E-state index contributed by atoms with van der Waals surface area (Å²) >= 11 is 5.84. The van der Waals surface area contributed by atoms with Gasteiger partial charge in [0.2, 0.25) is 0 Å². The lowest BCUT2D eigenvalue weighted by molar-refractivity contribution is 0.622. The monoisotopic (exact) mass is 263 g/mol. The van der Waals surface area contributed by atoms with Crippen LogP contribution in [0.4, 0.5) is 4.39 Å². The van der Waals surface area contributed by atoms with E-state index in [1.165, 1.54) is 6.07 Å². The summed E-state index contributed by atoms with van der Waals surface area (Å²) in [5.74, 6) is -0.218. The number of rotatable bonds is 3. The first-order valence-electron chi connectivity index (χ1n) is 5.84. The van der Waals surface area contributed by atoms with Gasteiger partial charge in [-0.05, 0) is 49.4 Å². The topological polar surface area (TPSA) is 12.0 Å². The summed E-state index contributed by atoms with van der Waals surface area (Å²) in [7, 11) is 1.88. The lowest BCUT2D eigenvalue weighted by Gasteiger charge is -2.13. The summed E-state index contributed by atoms with van der Waals surface area (Å²) in [6, 6.07) is 12.6. The Hall–Kier alpha value is -1.38. The Morgan fingerprint density at radius 3 is 2.39 bits per heavy atom. The van der Waals surface area contributed by atoms with Crippen molar-refractivity contribution in [3.05, 3.63) is 58.9 Å². The zero-order chi connectivity index (χ0) is 13.1. The first-order valence-corrected chi connectivity index (χ1v) is 6.22. The molecule has 0 bridgehead atoms. The molecular formula is C15H15ClFN. The number of halogens is 2. The molecule has 0 aliphatic heterocycles. The Kier molecular flexibility index (Phi) is 4.00. The highest BCUT2D eigenvalue weighted by Crippen LogP contribution is 2.27.